The van der Waals surface area contributed by atoms with Gasteiger partial charge in [0.1, 0.15) is 0 Å². The normalized spacial score (nSPS) is 18.6. The minimum Gasteiger partial charge on any atom is -0.335 e. The molecule has 1 heterocycles. The van der Waals surface area contributed by atoms with Gasteiger partial charge in [0, 0.05) is 28.7 Å². The van der Waals surface area contributed by atoms with Crippen LogP contribution in [0, 0.1) is 6.92 Å². The molecule has 0 aromatic heterocycles. The fraction of sp³-hybridized carbons (Fsp3) is 0.562. The van der Waals surface area contributed by atoms with Crippen LogP contribution < -0.4 is 5.32 Å². The van der Waals surface area contributed by atoms with E-state index >= 15 is 0 Å². The van der Waals surface area contributed by atoms with E-state index in [1.54, 1.807) is 0 Å². The third kappa shape index (κ3) is 3.61. The number of benzene rings is 1. The summed E-state index contributed by atoms with van der Waals surface area (Å²) in [4.78, 5) is 14.7. The second-order valence-electron chi connectivity index (χ2n) is 5.81. The molecule has 20 heavy (non-hydrogen) atoms. The van der Waals surface area contributed by atoms with E-state index in [1.807, 2.05) is 30.0 Å². The van der Waals surface area contributed by atoms with Crippen molar-refractivity contribution in [2.45, 2.75) is 45.7 Å². The molecule has 0 saturated carbocycles. The smallest absolute Gasteiger partial charge is 0.254 e. The van der Waals surface area contributed by atoms with Crippen molar-refractivity contribution in [3.63, 3.8) is 0 Å². The van der Waals surface area contributed by atoms with Gasteiger partial charge < -0.3 is 10.2 Å². The number of nitrogens with one attached hydrogen (secondary N) is 1. The topological polar surface area (TPSA) is 32.3 Å². The lowest BCUT2D eigenvalue weighted by Crippen LogP contribution is -2.44. The second kappa shape index (κ2) is 6.72. The molecule has 1 fully saturated rings. The third-order valence-electron chi connectivity index (χ3n) is 3.87. The first-order valence-electron chi connectivity index (χ1n) is 7.29. The van der Waals surface area contributed by atoms with E-state index in [0.717, 1.165) is 35.1 Å². The van der Waals surface area contributed by atoms with E-state index < -0.39 is 0 Å². The van der Waals surface area contributed by atoms with Gasteiger partial charge in [-0.2, -0.15) is 0 Å². The number of amides is 1. The molecule has 0 bridgehead atoms. The standard InChI is InChI=1S/C16H23BrN2O/c1-11(2)19(10-14-5-4-8-18-14)16(20)13-6-7-15(17)12(3)9-13/h6-7,9,11,14,18H,4-5,8,10H2,1-3H3. The molecule has 1 aromatic carbocycles. The zero-order valence-electron chi connectivity index (χ0n) is 12.4. The van der Waals surface area contributed by atoms with E-state index in [-0.39, 0.29) is 11.9 Å². The van der Waals surface area contributed by atoms with Crippen LogP contribution in [0.4, 0.5) is 0 Å². The fourth-order valence-electron chi connectivity index (χ4n) is 2.62. The van der Waals surface area contributed by atoms with Gasteiger partial charge in [0.25, 0.3) is 5.91 Å². The quantitative estimate of drug-likeness (QED) is 0.912. The molecule has 1 atom stereocenters. The average molecular weight is 339 g/mol. The molecule has 0 radical (unpaired) electrons. The Hall–Kier alpha value is -0.870. The Balaban J connectivity index is 2.15. The van der Waals surface area contributed by atoms with Gasteiger partial charge in [-0.3, -0.25) is 4.79 Å². The van der Waals surface area contributed by atoms with Gasteiger partial charge in [-0.1, -0.05) is 15.9 Å². The maximum atomic E-state index is 12.7. The number of rotatable bonds is 4. The highest BCUT2D eigenvalue weighted by atomic mass is 79.9. The fourth-order valence-corrected chi connectivity index (χ4v) is 2.87. The monoisotopic (exact) mass is 338 g/mol. The summed E-state index contributed by atoms with van der Waals surface area (Å²) in [6, 6.07) is 6.47. The lowest BCUT2D eigenvalue weighted by Gasteiger charge is -2.29. The second-order valence-corrected chi connectivity index (χ2v) is 6.66. The SMILES string of the molecule is Cc1cc(C(=O)N(CC2CCCN2)C(C)C)ccc1Br. The maximum absolute atomic E-state index is 12.7. The summed E-state index contributed by atoms with van der Waals surface area (Å²) in [6.45, 7) is 8.05. The zero-order chi connectivity index (χ0) is 14.7. The molecule has 1 amide bonds. The highest BCUT2D eigenvalue weighted by Crippen LogP contribution is 2.19. The number of aryl methyl sites for hydroxylation is 1. The molecule has 3 nitrogen and oxygen atoms in total. The third-order valence-corrected chi connectivity index (χ3v) is 4.76. The van der Waals surface area contributed by atoms with E-state index in [4.69, 9.17) is 0 Å². The van der Waals surface area contributed by atoms with Crippen LogP contribution in [0.2, 0.25) is 0 Å². The van der Waals surface area contributed by atoms with Crippen molar-refractivity contribution in [2.24, 2.45) is 0 Å². The minimum atomic E-state index is 0.129. The largest absolute Gasteiger partial charge is 0.335 e. The first-order chi connectivity index (χ1) is 9.49. The van der Waals surface area contributed by atoms with Crippen molar-refractivity contribution < 1.29 is 4.79 Å². The van der Waals surface area contributed by atoms with Crippen LogP contribution in [0.15, 0.2) is 22.7 Å². The molecule has 110 valence electrons. The van der Waals surface area contributed by atoms with Crippen molar-refractivity contribution in [3.05, 3.63) is 33.8 Å². The Labute approximate surface area is 129 Å². The number of carbonyl (C=O) groups is 1. The molecule has 0 aliphatic carbocycles. The molecule has 1 aliphatic rings. The van der Waals surface area contributed by atoms with E-state index in [9.17, 15) is 4.79 Å². The average Bonchev–Trinajstić information content (AvgIpc) is 2.91. The van der Waals surface area contributed by atoms with Crippen LogP contribution in [0.3, 0.4) is 0 Å². The van der Waals surface area contributed by atoms with E-state index in [1.165, 1.54) is 6.42 Å². The predicted octanol–water partition coefficient (Wildman–Crippen LogP) is 3.36. The lowest BCUT2D eigenvalue weighted by molar-refractivity contribution is 0.0689. The van der Waals surface area contributed by atoms with Gasteiger partial charge in [0.2, 0.25) is 0 Å². The molecule has 2 rings (SSSR count). The maximum Gasteiger partial charge on any atom is 0.254 e. The number of hydrogen-bond donors (Lipinski definition) is 1. The van der Waals surface area contributed by atoms with Gasteiger partial charge in [0.15, 0.2) is 0 Å². The van der Waals surface area contributed by atoms with Crippen molar-refractivity contribution in [1.82, 2.24) is 10.2 Å². The molecule has 1 N–H and O–H groups in total. The van der Waals surface area contributed by atoms with Crippen LogP contribution in [0.5, 0.6) is 0 Å². The molecule has 1 saturated heterocycles. The van der Waals surface area contributed by atoms with Gasteiger partial charge >= 0.3 is 0 Å². The highest BCUT2D eigenvalue weighted by Gasteiger charge is 2.24. The summed E-state index contributed by atoms with van der Waals surface area (Å²) < 4.78 is 1.04. The Morgan fingerprint density at radius 3 is 2.80 bits per heavy atom. The highest BCUT2D eigenvalue weighted by molar-refractivity contribution is 9.10. The molecule has 0 spiro atoms. The van der Waals surface area contributed by atoms with E-state index in [2.05, 4.69) is 35.1 Å². The lowest BCUT2D eigenvalue weighted by atomic mass is 10.1. The first kappa shape index (κ1) is 15.5. The molecule has 1 aliphatic heterocycles. The number of nitrogens with zero attached hydrogens (tertiary/aromatic N) is 1. The summed E-state index contributed by atoms with van der Waals surface area (Å²) in [5.74, 6) is 0.129. The molecular weight excluding hydrogens is 316 g/mol. The molecule has 1 unspecified atom stereocenters. The summed E-state index contributed by atoms with van der Waals surface area (Å²) in [5.41, 5.74) is 1.87. The predicted molar refractivity (Wildman–Crippen MR) is 86.1 cm³/mol. The Bertz CT molecular complexity index is 481. The Morgan fingerprint density at radius 1 is 1.50 bits per heavy atom. The van der Waals surface area contributed by atoms with Crippen molar-refractivity contribution in [2.75, 3.05) is 13.1 Å². The summed E-state index contributed by atoms with van der Waals surface area (Å²) >= 11 is 3.48. The van der Waals surface area contributed by atoms with Crippen molar-refractivity contribution in [3.8, 4) is 0 Å². The molecular formula is C16H23BrN2O. The van der Waals surface area contributed by atoms with Crippen LogP contribution in [-0.2, 0) is 0 Å². The first-order valence-corrected chi connectivity index (χ1v) is 8.09. The van der Waals surface area contributed by atoms with Crippen molar-refractivity contribution >= 4 is 21.8 Å². The summed E-state index contributed by atoms with van der Waals surface area (Å²) in [7, 11) is 0. The number of hydrogen-bond acceptors (Lipinski definition) is 2. The molecule has 1 aromatic rings. The number of halogens is 1. The van der Waals surface area contributed by atoms with Crippen LogP contribution in [0.25, 0.3) is 0 Å². The van der Waals surface area contributed by atoms with Crippen LogP contribution in [0.1, 0.15) is 42.6 Å². The Morgan fingerprint density at radius 2 is 2.25 bits per heavy atom. The molecule has 4 heteroatoms. The van der Waals surface area contributed by atoms with Crippen LogP contribution >= 0.6 is 15.9 Å². The zero-order valence-corrected chi connectivity index (χ0v) is 14.0. The van der Waals surface area contributed by atoms with Gasteiger partial charge in [-0.05, 0) is 63.9 Å². The number of carbonyl (C=O) groups excluding carboxylic acids is 1. The van der Waals surface area contributed by atoms with Gasteiger partial charge in [-0.15, -0.1) is 0 Å². The summed E-state index contributed by atoms with van der Waals surface area (Å²) in [6.07, 6.45) is 2.37. The van der Waals surface area contributed by atoms with Crippen LogP contribution in [-0.4, -0.2) is 36.0 Å². The van der Waals surface area contributed by atoms with Gasteiger partial charge in [-0.25, -0.2) is 0 Å². The van der Waals surface area contributed by atoms with E-state index in [0.29, 0.717) is 6.04 Å². The van der Waals surface area contributed by atoms with Gasteiger partial charge in [0.05, 0.1) is 0 Å². The van der Waals surface area contributed by atoms with Crippen molar-refractivity contribution in [1.29, 1.82) is 0 Å². The summed E-state index contributed by atoms with van der Waals surface area (Å²) in [5, 5.41) is 3.47. The minimum absolute atomic E-state index is 0.129. The Kier molecular flexibility index (Phi) is 5.22.